The van der Waals surface area contributed by atoms with Gasteiger partial charge in [0.15, 0.2) is 5.69 Å². The lowest BCUT2D eigenvalue weighted by Gasteiger charge is -2.31. The van der Waals surface area contributed by atoms with E-state index in [0.717, 1.165) is 23.4 Å². The number of amides is 1. The van der Waals surface area contributed by atoms with E-state index in [4.69, 9.17) is 4.74 Å². The van der Waals surface area contributed by atoms with Crippen LogP contribution in [0.15, 0.2) is 48.9 Å². The predicted molar refractivity (Wildman–Crippen MR) is 141 cm³/mol. The Morgan fingerprint density at radius 3 is 2.49 bits per heavy atom. The predicted octanol–water partition coefficient (Wildman–Crippen LogP) is 5.43. The highest BCUT2D eigenvalue weighted by Crippen LogP contribution is 2.40. The number of carbonyl (C=O) groups is 1. The number of hydrogen-bond donors (Lipinski definition) is 0. The molecular formula is C29H30F3N5O2. The number of aryl methyl sites for hydroxylation is 3. The van der Waals surface area contributed by atoms with Crippen molar-refractivity contribution in [3.8, 4) is 16.9 Å². The Balaban J connectivity index is 1.60. The SMILES string of the molecule is CCc1ccc(OC)c(CN2CCc3c(cc(Cn4ccnc4C)cc3-c3cn(C)nc3C(F)(F)F)C2=O)c1. The molecule has 1 amide bonds. The summed E-state index contributed by atoms with van der Waals surface area (Å²) in [6.07, 6.45) is 1.49. The number of rotatable bonds is 7. The van der Waals surface area contributed by atoms with E-state index >= 15 is 0 Å². The van der Waals surface area contributed by atoms with E-state index in [1.807, 2.05) is 29.7 Å². The number of imidazole rings is 1. The molecule has 0 bridgehead atoms. The van der Waals surface area contributed by atoms with E-state index in [1.165, 1.54) is 17.9 Å². The Hall–Kier alpha value is -4.08. The van der Waals surface area contributed by atoms with Crippen LogP contribution in [0.4, 0.5) is 13.2 Å². The van der Waals surface area contributed by atoms with Gasteiger partial charge in [-0.1, -0.05) is 19.1 Å². The summed E-state index contributed by atoms with van der Waals surface area (Å²) in [5.74, 6) is 1.24. The Bertz CT molecular complexity index is 1540. The number of fused-ring (bicyclic) bond motifs is 1. The third kappa shape index (κ3) is 5.15. The zero-order chi connectivity index (χ0) is 27.9. The van der Waals surface area contributed by atoms with Crippen LogP contribution in [0.2, 0.25) is 0 Å². The van der Waals surface area contributed by atoms with E-state index in [-0.39, 0.29) is 11.5 Å². The Kier molecular flexibility index (Phi) is 6.96. The molecule has 0 radical (unpaired) electrons. The molecule has 0 spiro atoms. The molecule has 1 aliphatic rings. The third-order valence-corrected chi connectivity index (χ3v) is 7.24. The highest BCUT2D eigenvalue weighted by atomic mass is 19.4. The lowest BCUT2D eigenvalue weighted by Crippen LogP contribution is -2.37. The first-order valence-corrected chi connectivity index (χ1v) is 12.8. The second kappa shape index (κ2) is 10.2. The molecule has 2 aromatic heterocycles. The summed E-state index contributed by atoms with van der Waals surface area (Å²) in [4.78, 5) is 19.9. The van der Waals surface area contributed by atoms with Gasteiger partial charge in [0.05, 0.1) is 7.11 Å². The first-order chi connectivity index (χ1) is 18.6. The van der Waals surface area contributed by atoms with Gasteiger partial charge in [0.1, 0.15) is 11.6 Å². The van der Waals surface area contributed by atoms with E-state index in [1.54, 1.807) is 36.5 Å². The Labute approximate surface area is 224 Å². The normalized spacial score (nSPS) is 13.6. The number of methoxy groups -OCH3 is 1. The van der Waals surface area contributed by atoms with Gasteiger partial charge in [-0.2, -0.15) is 18.3 Å². The lowest BCUT2D eigenvalue weighted by molar-refractivity contribution is -0.140. The fourth-order valence-electron chi connectivity index (χ4n) is 5.24. The summed E-state index contributed by atoms with van der Waals surface area (Å²) in [5, 5.41) is 3.72. The van der Waals surface area contributed by atoms with Crippen molar-refractivity contribution < 1.29 is 22.7 Å². The summed E-state index contributed by atoms with van der Waals surface area (Å²) in [5.41, 5.74) is 3.16. The van der Waals surface area contributed by atoms with Crippen molar-refractivity contribution in [2.24, 2.45) is 7.05 Å². The standard InChI is InChI=1S/C29H30F3N5O2/c1-5-19-6-7-26(39-4)21(12-19)16-37-10-8-22-23(25-17-35(3)34-27(25)29(30,31)32)13-20(14-24(22)28(37)38)15-36-11-9-33-18(36)2/h6-7,9,11-14,17H,5,8,10,15-16H2,1-4H3. The molecule has 0 N–H and O–H groups in total. The van der Waals surface area contributed by atoms with Gasteiger partial charge in [0.25, 0.3) is 5.91 Å². The van der Waals surface area contributed by atoms with Crippen LogP contribution in [0.3, 0.4) is 0 Å². The maximum atomic E-state index is 14.0. The summed E-state index contributed by atoms with van der Waals surface area (Å²) in [6, 6.07) is 9.49. The van der Waals surface area contributed by atoms with E-state index in [0.29, 0.717) is 54.1 Å². The molecular weight excluding hydrogens is 507 g/mol. The largest absolute Gasteiger partial charge is 0.496 e. The van der Waals surface area contributed by atoms with Crippen LogP contribution in [0.1, 0.15) is 51.1 Å². The Morgan fingerprint density at radius 1 is 1.05 bits per heavy atom. The maximum Gasteiger partial charge on any atom is 0.435 e. The van der Waals surface area contributed by atoms with Gasteiger partial charge in [0, 0.05) is 62.0 Å². The van der Waals surface area contributed by atoms with Gasteiger partial charge < -0.3 is 14.2 Å². The van der Waals surface area contributed by atoms with Gasteiger partial charge >= 0.3 is 6.18 Å². The topological polar surface area (TPSA) is 65.2 Å². The van der Waals surface area contributed by atoms with Crippen molar-refractivity contribution in [3.63, 3.8) is 0 Å². The van der Waals surface area contributed by atoms with E-state index < -0.39 is 11.9 Å². The van der Waals surface area contributed by atoms with Crippen molar-refractivity contribution in [1.82, 2.24) is 24.2 Å². The molecule has 39 heavy (non-hydrogen) atoms. The molecule has 3 heterocycles. The zero-order valence-corrected chi connectivity index (χ0v) is 22.3. The van der Waals surface area contributed by atoms with Crippen LogP contribution < -0.4 is 4.74 Å². The molecule has 7 nitrogen and oxygen atoms in total. The number of carbonyl (C=O) groups excluding carboxylic acids is 1. The number of alkyl halides is 3. The third-order valence-electron chi connectivity index (χ3n) is 7.24. The van der Waals surface area contributed by atoms with Crippen LogP contribution in [-0.2, 0) is 39.2 Å². The van der Waals surface area contributed by atoms with Crippen LogP contribution in [0.5, 0.6) is 5.75 Å². The molecule has 0 saturated heterocycles. The minimum atomic E-state index is -4.63. The van der Waals surface area contributed by atoms with Crippen molar-refractivity contribution in [2.45, 2.75) is 46.0 Å². The number of ether oxygens (including phenoxy) is 1. The first kappa shape index (κ1) is 26.5. The highest BCUT2D eigenvalue weighted by Gasteiger charge is 2.39. The smallest absolute Gasteiger partial charge is 0.435 e. The van der Waals surface area contributed by atoms with E-state index in [9.17, 15) is 18.0 Å². The molecule has 0 fully saturated rings. The molecule has 0 saturated carbocycles. The minimum Gasteiger partial charge on any atom is -0.496 e. The molecule has 10 heteroatoms. The summed E-state index contributed by atoms with van der Waals surface area (Å²) in [6.45, 7) is 5.00. The van der Waals surface area contributed by atoms with Gasteiger partial charge in [-0.3, -0.25) is 9.48 Å². The zero-order valence-electron chi connectivity index (χ0n) is 22.3. The number of halogens is 3. The summed E-state index contributed by atoms with van der Waals surface area (Å²) >= 11 is 0. The molecule has 2 aromatic carbocycles. The fraction of sp³-hybridized carbons (Fsp3) is 0.345. The lowest BCUT2D eigenvalue weighted by atomic mass is 9.88. The quantitative estimate of drug-likeness (QED) is 0.316. The molecule has 5 rings (SSSR count). The number of nitrogens with zero attached hydrogens (tertiary/aromatic N) is 5. The van der Waals surface area contributed by atoms with Crippen molar-refractivity contribution in [2.75, 3.05) is 13.7 Å². The fourth-order valence-corrected chi connectivity index (χ4v) is 5.24. The molecule has 0 unspecified atom stereocenters. The molecule has 0 atom stereocenters. The van der Waals surface area contributed by atoms with Gasteiger partial charge in [0.2, 0.25) is 0 Å². The van der Waals surface area contributed by atoms with Crippen LogP contribution in [-0.4, -0.2) is 43.8 Å². The molecule has 0 aliphatic carbocycles. The second-order valence-electron chi connectivity index (χ2n) is 9.81. The number of hydrogen-bond acceptors (Lipinski definition) is 4. The van der Waals surface area contributed by atoms with Crippen molar-refractivity contribution in [3.05, 3.63) is 88.3 Å². The minimum absolute atomic E-state index is 0.0241. The average molecular weight is 538 g/mol. The first-order valence-electron chi connectivity index (χ1n) is 12.8. The monoisotopic (exact) mass is 537 g/mol. The Morgan fingerprint density at radius 2 is 1.82 bits per heavy atom. The summed E-state index contributed by atoms with van der Waals surface area (Å²) in [7, 11) is 3.06. The summed E-state index contributed by atoms with van der Waals surface area (Å²) < 4.78 is 50.5. The van der Waals surface area contributed by atoms with Gasteiger partial charge in [-0.15, -0.1) is 0 Å². The molecule has 1 aliphatic heterocycles. The average Bonchev–Trinajstić information content (AvgIpc) is 3.50. The molecule has 4 aromatic rings. The van der Waals surface area contributed by atoms with Crippen molar-refractivity contribution in [1.29, 1.82) is 0 Å². The van der Waals surface area contributed by atoms with Gasteiger partial charge in [-0.25, -0.2) is 4.98 Å². The highest BCUT2D eigenvalue weighted by molar-refractivity contribution is 5.99. The van der Waals surface area contributed by atoms with E-state index in [2.05, 4.69) is 17.0 Å². The van der Waals surface area contributed by atoms with Crippen molar-refractivity contribution >= 4 is 5.91 Å². The van der Waals surface area contributed by atoms with Crippen LogP contribution >= 0.6 is 0 Å². The number of benzene rings is 2. The molecule has 204 valence electrons. The van der Waals surface area contributed by atoms with Gasteiger partial charge in [-0.05, 0) is 60.2 Å². The maximum absolute atomic E-state index is 14.0. The second-order valence-corrected chi connectivity index (χ2v) is 9.81. The van der Waals surface area contributed by atoms with Crippen LogP contribution in [0, 0.1) is 6.92 Å². The number of aromatic nitrogens is 4. The van der Waals surface area contributed by atoms with Crippen LogP contribution in [0.25, 0.3) is 11.1 Å².